The van der Waals surface area contributed by atoms with E-state index < -0.39 is 0 Å². The number of carbonyl (C=O) groups is 1. The Bertz CT molecular complexity index is 289. The van der Waals surface area contributed by atoms with Crippen LogP contribution in [0.2, 0.25) is 0 Å². The molecule has 0 radical (unpaired) electrons. The molecule has 19 heavy (non-hydrogen) atoms. The lowest BCUT2D eigenvalue weighted by atomic mass is 9.86. The molecular weight excluding hydrogens is 244 g/mol. The Hall–Kier alpha value is -0.810. The molecule has 0 aromatic heterocycles. The molecule has 5 nitrogen and oxygen atoms in total. The van der Waals surface area contributed by atoms with E-state index >= 15 is 0 Å². The Labute approximate surface area is 116 Å². The summed E-state index contributed by atoms with van der Waals surface area (Å²) in [5.41, 5.74) is -0.0397. The lowest BCUT2D eigenvalue weighted by Gasteiger charge is -2.31. The van der Waals surface area contributed by atoms with Crippen molar-refractivity contribution in [1.82, 2.24) is 10.6 Å². The topological polar surface area (TPSA) is 59.6 Å². The third kappa shape index (κ3) is 4.99. The van der Waals surface area contributed by atoms with E-state index in [4.69, 9.17) is 9.47 Å². The Kier molecular flexibility index (Phi) is 6.07. The van der Waals surface area contributed by atoms with Gasteiger partial charge in [-0.05, 0) is 11.8 Å². The van der Waals surface area contributed by atoms with E-state index in [9.17, 15) is 4.79 Å². The number of methoxy groups -OCH3 is 1. The number of hydrogen-bond acceptors (Lipinski definition) is 4. The lowest BCUT2D eigenvalue weighted by Crippen LogP contribution is -2.46. The molecule has 1 rings (SSSR count). The van der Waals surface area contributed by atoms with Crippen molar-refractivity contribution in [3.8, 4) is 0 Å². The van der Waals surface area contributed by atoms with Gasteiger partial charge in [-0.15, -0.1) is 0 Å². The van der Waals surface area contributed by atoms with Gasteiger partial charge in [0.15, 0.2) is 0 Å². The van der Waals surface area contributed by atoms with Crippen molar-refractivity contribution in [2.75, 3.05) is 20.2 Å². The predicted molar refractivity (Wildman–Crippen MR) is 75.2 cm³/mol. The summed E-state index contributed by atoms with van der Waals surface area (Å²) >= 11 is 0. The van der Waals surface area contributed by atoms with Crippen molar-refractivity contribution in [3.63, 3.8) is 0 Å². The fourth-order valence-electron chi connectivity index (χ4n) is 2.29. The number of ether oxygens (including phenoxy) is 2. The summed E-state index contributed by atoms with van der Waals surface area (Å²) in [6.45, 7) is 9.86. The van der Waals surface area contributed by atoms with E-state index in [0.29, 0.717) is 0 Å². The molecule has 5 heteroatoms. The number of amides is 1. The summed E-state index contributed by atoms with van der Waals surface area (Å²) in [7, 11) is 1.66. The molecule has 1 unspecified atom stereocenters. The first-order valence-electron chi connectivity index (χ1n) is 7.09. The number of carbonyl (C=O) groups excluding carboxylic acids is 1. The van der Waals surface area contributed by atoms with Crippen LogP contribution in [0.5, 0.6) is 0 Å². The van der Waals surface area contributed by atoms with E-state index in [1.54, 1.807) is 7.11 Å². The average molecular weight is 272 g/mol. The van der Waals surface area contributed by atoms with E-state index in [0.717, 1.165) is 25.9 Å². The van der Waals surface area contributed by atoms with Gasteiger partial charge in [-0.3, -0.25) is 0 Å². The monoisotopic (exact) mass is 272 g/mol. The number of rotatable bonds is 5. The molecule has 0 bridgehead atoms. The summed E-state index contributed by atoms with van der Waals surface area (Å²) in [6.07, 6.45) is 1.50. The molecule has 0 spiro atoms. The number of hydrogen-bond donors (Lipinski definition) is 2. The molecule has 1 saturated heterocycles. The van der Waals surface area contributed by atoms with Crippen LogP contribution < -0.4 is 10.6 Å². The summed E-state index contributed by atoms with van der Waals surface area (Å²) in [5.74, 6) is 0. The maximum absolute atomic E-state index is 12.0. The van der Waals surface area contributed by atoms with Crippen LogP contribution in [0.25, 0.3) is 0 Å². The van der Waals surface area contributed by atoms with Gasteiger partial charge in [0.05, 0.1) is 12.1 Å². The fraction of sp³-hybridized carbons (Fsp3) is 0.929. The highest BCUT2D eigenvalue weighted by atomic mass is 16.6. The first kappa shape index (κ1) is 16.2. The first-order chi connectivity index (χ1) is 8.88. The van der Waals surface area contributed by atoms with Gasteiger partial charge in [0.1, 0.15) is 6.10 Å². The quantitative estimate of drug-likeness (QED) is 0.802. The molecule has 0 aromatic carbocycles. The molecule has 1 heterocycles. The minimum atomic E-state index is -0.343. The highest BCUT2D eigenvalue weighted by Crippen LogP contribution is 2.26. The minimum Gasteiger partial charge on any atom is -0.446 e. The van der Waals surface area contributed by atoms with Crippen LogP contribution in [0.4, 0.5) is 4.79 Å². The summed E-state index contributed by atoms with van der Waals surface area (Å²) < 4.78 is 10.9. The summed E-state index contributed by atoms with van der Waals surface area (Å²) in [5, 5.41) is 6.08. The Morgan fingerprint density at radius 3 is 2.63 bits per heavy atom. The second kappa shape index (κ2) is 7.10. The van der Waals surface area contributed by atoms with Gasteiger partial charge < -0.3 is 20.1 Å². The van der Waals surface area contributed by atoms with Gasteiger partial charge in [-0.1, -0.05) is 34.1 Å². The minimum absolute atomic E-state index is 0.0141. The summed E-state index contributed by atoms with van der Waals surface area (Å²) in [4.78, 5) is 12.0. The van der Waals surface area contributed by atoms with Crippen molar-refractivity contribution in [2.24, 2.45) is 5.41 Å². The highest BCUT2D eigenvalue weighted by Gasteiger charge is 2.31. The third-order valence-corrected chi connectivity index (χ3v) is 3.53. The fourth-order valence-corrected chi connectivity index (χ4v) is 2.29. The Morgan fingerprint density at radius 2 is 2.11 bits per heavy atom. The maximum atomic E-state index is 12.0. The van der Waals surface area contributed by atoms with Gasteiger partial charge in [0, 0.05) is 20.2 Å². The number of nitrogens with one attached hydrogen (secondary N) is 2. The Morgan fingerprint density at radius 1 is 1.42 bits per heavy atom. The lowest BCUT2D eigenvalue weighted by molar-refractivity contribution is 0.0196. The second-order valence-corrected chi connectivity index (χ2v) is 6.23. The Balaban J connectivity index is 2.48. The molecule has 1 aliphatic rings. The largest absolute Gasteiger partial charge is 0.446 e. The zero-order valence-electron chi connectivity index (χ0n) is 12.8. The van der Waals surface area contributed by atoms with E-state index in [-0.39, 0.29) is 29.8 Å². The molecule has 1 fully saturated rings. The molecule has 0 aromatic rings. The molecule has 1 amide bonds. The second-order valence-electron chi connectivity index (χ2n) is 6.23. The van der Waals surface area contributed by atoms with Gasteiger partial charge in [0.25, 0.3) is 0 Å². The van der Waals surface area contributed by atoms with E-state index in [1.165, 1.54) is 0 Å². The van der Waals surface area contributed by atoms with Crippen molar-refractivity contribution in [1.29, 1.82) is 0 Å². The zero-order chi connectivity index (χ0) is 14.5. The van der Waals surface area contributed by atoms with E-state index in [2.05, 4.69) is 38.3 Å². The molecule has 0 saturated carbocycles. The SMILES string of the molecule is CCCC(OC(=O)N[C@H]1CNC[C@@H]1OC)C(C)(C)C. The molecule has 2 N–H and O–H groups in total. The molecular formula is C14H28N2O3. The van der Waals surface area contributed by atoms with Crippen LogP contribution in [0, 0.1) is 5.41 Å². The van der Waals surface area contributed by atoms with Crippen molar-refractivity contribution < 1.29 is 14.3 Å². The molecule has 3 atom stereocenters. The van der Waals surface area contributed by atoms with Gasteiger partial charge in [-0.2, -0.15) is 0 Å². The van der Waals surface area contributed by atoms with Gasteiger partial charge in [-0.25, -0.2) is 4.79 Å². The van der Waals surface area contributed by atoms with Crippen molar-refractivity contribution >= 4 is 6.09 Å². The number of alkyl carbamates (subject to hydrolysis) is 1. The van der Waals surface area contributed by atoms with Crippen LogP contribution in [0.15, 0.2) is 0 Å². The van der Waals surface area contributed by atoms with E-state index in [1.807, 2.05) is 0 Å². The van der Waals surface area contributed by atoms with Crippen LogP contribution >= 0.6 is 0 Å². The molecule has 1 aliphatic heterocycles. The van der Waals surface area contributed by atoms with Gasteiger partial charge in [0.2, 0.25) is 0 Å². The normalized spacial score (nSPS) is 25.1. The van der Waals surface area contributed by atoms with Crippen molar-refractivity contribution in [3.05, 3.63) is 0 Å². The molecule has 112 valence electrons. The third-order valence-electron chi connectivity index (χ3n) is 3.53. The average Bonchev–Trinajstić information content (AvgIpc) is 2.74. The predicted octanol–water partition coefficient (Wildman–Crippen LogP) is 1.91. The standard InChI is InChI=1S/C14H28N2O3/c1-6-7-12(14(2,3)4)19-13(17)16-10-8-15-9-11(10)18-5/h10-12,15H,6-9H2,1-5H3,(H,16,17)/t10-,11-,12?/m0/s1. The maximum Gasteiger partial charge on any atom is 0.407 e. The first-order valence-corrected chi connectivity index (χ1v) is 7.09. The summed E-state index contributed by atoms with van der Waals surface area (Å²) in [6, 6.07) is -0.0141. The highest BCUT2D eigenvalue weighted by molar-refractivity contribution is 5.68. The zero-order valence-corrected chi connectivity index (χ0v) is 12.8. The van der Waals surface area contributed by atoms with Gasteiger partial charge >= 0.3 is 6.09 Å². The smallest absolute Gasteiger partial charge is 0.407 e. The van der Waals surface area contributed by atoms with Crippen LogP contribution in [-0.4, -0.2) is 44.5 Å². The molecule has 0 aliphatic carbocycles. The van der Waals surface area contributed by atoms with Crippen LogP contribution in [0.1, 0.15) is 40.5 Å². The van der Waals surface area contributed by atoms with Crippen molar-refractivity contribution in [2.45, 2.75) is 58.8 Å². The van der Waals surface area contributed by atoms with Crippen LogP contribution in [-0.2, 0) is 9.47 Å². The van der Waals surface area contributed by atoms with Crippen LogP contribution in [0.3, 0.4) is 0 Å².